The van der Waals surface area contributed by atoms with Crippen molar-refractivity contribution in [3.8, 4) is 5.75 Å². The number of nitrogens with zero attached hydrogens (tertiary/aromatic N) is 3. The molecular formula is C46H56N4O9. The monoisotopic (exact) mass is 808 g/mol. The summed E-state index contributed by atoms with van der Waals surface area (Å²) in [5, 5.41) is 14.6. The van der Waals surface area contributed by atoms with Gasteiger partial charge in [-0.15, -0.1) is 0 Å². The van der Waals surface area contributed by atoms with Crippen molar-refractivity contribution in [2.24, 2.45) is 11.3 Å². The van der Waals surface area contributed by atoms with Crippen LogP contribution in [0, 0.1) is 11.3 Å². The van der Waals surface area contributed by atoms with Gasteiger partial charge in [-0.25, -0.2) is 4.79 Å². The van der Waals surface area contributed by atoms with Gasteiger partial charge in [0.25, 0.3) is 0 Å². The predicted octanol–water partition coefficient (Wildman–Crippen LogP) is 4.03. The van der Waals surface area contributed by atoms with Crippen LogP contribution in [0.1, 0.15) is 63.3 Å². The van der Waals surface area contributed by atoms with Crippen LogP contribution in [0.15, 0.2) is 54.6 Å². The molecule has 2 N–H and O–H groups in total. The highest BCUT2D eigenvalue weighted by Crippen LogP contribution is 2.70. The van der Waals surface area contributed by atoms with E-state index in [-0.39, 0.29) is 23.6 Å². The molecular weight excluding hydrogens is 753 g/mol. The molecule has 12 unspecified atom stereocenters. The average molecular weight is 809 g/mol. The number of para-hydroxylation sites is 1. The first-order valence-electron chi connectivity index (χ1n) is 21.3. The summed E-state index contributed by atoms with van der Waals surface area (Å²) in [5.41, 5.74) is -1.33. The Kier molecular flexibility index (Phi) is 8.56. The number of ether oxygens (including phenoxy) is 5. The van der Waals surface area contributed by atoms with E-state index >= 15 is 4.79 Å². The lowest BCUT2D eigenvalue weighted by Crippen LogP contribution is -2.81. The Morgan fingerprint density at radius 2 is 1.78 bits per heavy atom. The highest BCUT2D eigenvalue weighted by molar-refractivity contribution is 5.92. The standard InChI is InChI=1S/C46H56N4O9/c1-8-42-18-12-19-50-34(23-44(37(42)50)31-16-15-28(55-5)21-33(31)48(4)38(44)46(54,41(53)57-7)39(42)58-26(3)51)45(40(52)56-6)22-27-24-49(25-43(9-2)36(27)59-43)20-17-30-29-13-10-11-14-32(29)47-35(30)45/h10-16,18,21,27,34,36-39,47,54H,8-9,17,19-20,22-25H2,1-7H3. The van der Waals surface area contributed by atoms with E-state index in [1.165, 1.54) is 21.1 Å². The second-order valence-corrected chi connectivity index (χ2v) is 18.3. The molecule has 13 nitrogen and oxygen atoms in total. The van der Waals surface area contributed by atoms with E-state index in [1.54, 1.807) is 7.11 Å². The number of rotatable bonds is 7. The molecule has 3 aromatic rings. The lowest BCUT2D eigenvalue weighted by molar-refractivity contribution is -0.229. The molecule has 13 heteroatoms. The number of carbonyl (C=O) groups is 3. The van der Waals surface area contributed by atoms with Crippen molar-refractivity contribution in [2.45, 2.75) is 105 Å². The number of aliphatic hydroxyl groups is 1. The van der Waals surface area contributed by atoms with Crippen LogP contribution in [-0.2, 0) is 50.6 Å². The SMILES string of the molecule is CCC12CN3CCc4c([nH]c5ccccc45)C(C(=O)OC)(C4CC56c7ccc(OC)cc7N(C)C5C(O)(C(=O)OC)C(OC(C)=O)C5(CC)C=CCN4C56)CC(C3)C1O2. The molecule has 10 rings (SSSR count). The molecule has 12 atom stereocenters. The third kappa shape index (κ3) is 4.73. The van der Waals surface area contributed by atoms with E-state index in [0.29, 0.717) is 31.6 Å². The van der Waals surface area contributed by atoms with Crippen LogP contribution in [-0.4, -0.2) is 134 Å². The number of anilines is 1. The third-order valence-electron chi connectivity index (χ3n) is 16.2. The van der Waals surface area contributed by atoms with Crippen LogP contribution in [0.3, 0.4) is 0 Å². The number of piperidine rings is 1. The highest BCUT2D eigenvalue weighted by Gasteiger charge is 2.83. The molecule has 4 fully saturated rings. The number of aromatic amines is 1. The summed E-state index contributed by atoms with van der Waals surface area (Å²) in [6.45, 7) is 8.48. The first-order chi connectivity index (χ1) is 28.3. The third-order valence-corrected chi connectivity index (χ3v) is 16.2. The average Bonchev–Trinajstić information content (AvgIpc) is 3.58. The Hall–Kier alpha value is -4.43. The number of esters is 3. The van der Waals surface area contributed by atoms with Gasteiger partial charge >= 0.3 is 17.9 Å². The zero-order valence-corrected chi connectivity index (χ0v) is 35.1. The van der Waals surface area contributed by atoms with Crippen molar-refractivity contribution in [1.82, 2.24) is 14.8 Å². The number of likely N-dealkylation sites (N-methyl/N-ethyl adjacent to an activating group) is 1. The fourth-order valence-corrected chi connectivity index (χ4v) is 14.1. The van der Waals surface area contributed by atoms with Crippen LogP contribution in [0.5, 0.6) is 5.75 Å². The van der Waals surface area contributed by atoms with Gasteiger partial charge in [0.05, 0.1) is 33.5 Å². The minimum atomic E-state index is -2.34. The van der Waals surface area contributed by atoms with E-state index in [4.69, 9.17) is 23.7 Å². The quantitative estimate of drug-likeness (QED) is 0.154. The van der Waals surface area contributed by atoms with E-state index in [1.807, 2.05) is 37.1 Å². The zero-order valence-electron chi connectivity index (χ0n) is 35.1. The maximum atomic E-state index is 15.7. The normalized spacial score (nSPS) is 40.0. The molecule has 1 saturated carbocycles. The smallest absolute Gasteiger partial charge is 0.344 e. The highest BCUT2D eigenvalue weighted by atomic mass is 16.6. The summed E-state index contributed by atoms with van der Waals surface area (Å²) in [7, 11) is 6.24. The maximum absolute atomic E-state index is 15.7. The van der Waals surface area contributed by atoms with E-state index in [2.05, 4.69) is 58.1 Å². The minimum Gasteiger partial charge on any atom is -0.497 e. The zero-order chi connectivity index (χ0) is 41.4. The van der Waals surface area contributed by atoms with Crippen molar-refractivity contribution < 1.29 is 43.2 Å². The van der Waals surface area contributed by atoms with Gasteiger partial charge in [0.2, 0.25) is 5.60 Å². The molecule has 59 heavy (non-hydrogen) atoms. The molecule has 7 heterocycles. The number of carbonyl (C=O) groups excluding carboxylic acids is 3. The first kappa shape index (κ1) is 38.8. The second kappa shape index (κ2) is 13.0. The molecule has 2 bridgehead atoms. The molecule has 1 spiro atoms. The van der Waals surface area contributed by atoms with Gasteiger partial charge in [-0.2, -0.15) is 0 Å². The van der Waals surface area contributed by atoms with Gasteiger partial charge in [-0.3, -0.25) is 19.4 Å². The van der Waals surface area contributed by atoms with E-state index in [9.17, 15) is 14.7 Å². The van der Waals surface area contributed by atoms with Crippen LogP contribution < -0.4 is 9.64 Å². The number of hydrogen-bond acceptors (Lipinski definition) is 12. The van der Waals surface area contributed by atoms with Crippen molar-refractivity contribution in [3.63, 3.8) is 0 Å². The van der Waals surface area contributed by atoms with Crippen LogP contribution in [0.4, 0.5) is 5.69 Å². The predicted molar refractivity (Wildman–Crippen MR) is 218 cm³/mol. The summed E-state index contributed by atoms with van der Waals surface area (Å²) in [6, 6.07) is 12.3. The second-order valence-electron chi connectivity index (χ2n) is 18.3. The van der Waals surface area contributed by atoms with Gasteiger partial charge in [-0.05, 0) is 55.4 Å². The topological polar surface area (TPSA) is 146 Å². The Morgan fingerprint density at radius 3 is 2.49 bits per heavy atom. The lowest BCUT2D eigenvalue weighted by Gasteiger charge is -2.63. The summed E-state index contributed by atoms with van der Waals surface area (Å²) in [5.74, 6) is -1.20. The van der Waals surface area contributed by atoms with E-state index < -0.39 is 58.0 Å². The molecule has 314 valence electrons. The van der Waals surface area contributed by atoms with Crippen molar-refractivity contribution >= 4 is 34.5 Å². The summed E-state index contributed by atoms with van der Waals surface area (Å²) >= 11 is 0. The minimum absolute atomic E-state index is 0.00662. The number of H-pyrrole nitrogens is 1. The Bertz CT molecular complexity index is 2290. The molecule has 0 amide bonds. The number of epoxide rings is 1. The van der Waals surface area contributed by atoms with Gasteiger partial charge in [0, 0.05) is 97.3 Å². The molecule has 2 aromatic carbocycles. The summed E-state index contributed by atoms with van der Waals surface area (Å²) in [6.07, 6.45) is 5.63. The Balaban J connectivity index is 1.29. The fraction of sp³-hybridized carbons (Fsp3) is 0.587. The molecule has 7 aliphatic rings. The first-order valence-corrected chi connectivity index (χ1v) is 21.3. The number of hydrogen-bond donors (Lipinski definition) is 2. The number of nitrogens with one attached hydrogen (secondary N) is 1. The maximum Gasteiger partial charge on any atom is 0.344 e. The van der Waals surface area contributed by atoms with Crippen LogP contribution in [0.2, 0.25) is 0 Å². The van der Waals surface area contributed by atoms with Gasteiger partial charge in [0.1, 0.15) is 16.8 Å². The number of benzene rings is 2. The lowest BCUT2D eigenvalue weighted by atomic mass is 9.47. The van der Waals surface area contributed by atoms with E-state index in [0.717, 1.165) is 65.9 Å². The molecule has 3 saturated heterocycles. The number of methoxy groups -OCH3 is 3. The molecule has 1 aromatic heterocycles. The van der Waals surface area contributed by atoms with Gasteiger partial charge in [-0.1, -0.05) is 50.3 Å². The van der Waals surface area contributed by atoms with Gasteiger partial charge in [0.15, 0.2) is 6.10 Å². The Labute approximate surface area is 344 Å². The molecule has 0 radical (unpaired) electrons. The number of aromatic nitrogens is 1. The Morgan fingerprint density at radius 1 is 1.00 bits per heavy atom. The van der Waals surface area contributed by atoms with Crippen molar-refractivity contribution in [2.75, 3.05) is 59.5 Å². The summed E-state index contributed by atoms with van der Waals surface area (Å²) < 4.78 is 30.4. The van der Waals surface area contributed by atoms with Crippen LogP contribution in [0.25, 0.3) is 10.9 Å². The van der Waals surface area contributed by atoms with Crippen molar-refractivity contribution in [1.29, 1.82) is 0 Å². The summed E-state index contributed by atoms with van der Waals surface area (Å²) in [4.78, 5) is 54.3. The van der Waals surface area contributed by atoms with Gasteiger partial charge < -0.3 is 38.7 Å². The fourth-order valence-electron chi connectivity index (χ4n) is 14.1. The molecule has 6 aliphatic heterocycles. The number of fused-ring (bicyclic) bond motifs is 8. The van der Waals surface area contributed by atoms with Crippen LogP contribution >= 0.6 is 0 Å². The van der Waals surface area contributed by atoms with Crippen molar-refractivity contribution in [3.05, 3.63) is 71.4 Å². The largest absolute Gasteiger partial charge is 0.497 e. The molecule has 1 aliphatic carbocycles.